The molecule has 4 heterocycles. The lowest BCUT2D eigenvalue weighted by Gasteiger charge is -2.45. The number of anilines is 1. The molecule has 4 fully saturated rings. The molecule has 1 aromatic carbocycles. The zero-order valence-electron chi connectivity index (χ0n) is 19.3. The second-order valence-corrected chi connectivity index (χ2v) is 12.0. The smallest absolute Gasteiger partial charge is 0.324 e. The van der Waals surface area contributed by atoms with Gasteiger partial charge in [-0.15, -0.1) is 11.3 Å². The average Bonchev–Trinajstić information content (AvgIpc) is 3.59. The monoisotopic (exact) mass is 498 g/mol. The van der Waals surface area contributed by atoms with Crippen molar-refractivity contribution in [3.63, 3.8) is 0 Å². The number of nitrogens with zero attached hydrogens (tertiary/aromatic N) is 3. The molecule has 0 radical (unpaired) electrons. The highest BCUT2D eigenvalue weighted by Crippen LogP contribution is 2.45. The third-order valence-electron chi connectivity index (χ3n) is 8.33. The molecule has 4 aliphatic rings. The van der Waals surface area contributed by atoms with E-state index in [0.29, 0.717) is 22.3 Å². The van der Waals surface area contributed by atoms with E-state index >= 15 is 0 Å². The normalized spacial score (nSPS) is 26.1. The van der Waals surface area contributed by atoms with E-state index in [1.54, 1.807) is 12.1 Å². The highest BCUT2D eigenvalue weighted by molar-refractivity contribution is 7.18. The second-order valence-electron chi connectivity index (χ2n) is 10.3. The number of hydrogen-bond donors (Lipinski definition) is 1. The molecule has 1 saturated carbocycles. The molecule has 2 aromatic rings. The number of thiophene rings is 1. The average molecular weight is 499 g/mol. The SMILES string of the molecule is O=C(N[C@@H]1CCN2C(=O)N(c3ccc(C4(CN5CCCC5)CCC4)cc3)C[C@H]12)c1ccc(Cl)s1. The third kappa shape index (κ3) is 3.91. The molecule has 0 spiro atoms. The number of carbonyl (C=O) groups excluding carboxylic acids is 2. The molecular formula is C26H31ClN4O2S. The number of hydrogen-bond acceptors (Lipinski definition) is 4. The topological polar surface area (TPSA) is 55.9 Å². The van der Waals surface area contributed by atoms with Crippen molar-refractivity contribution in [2.24, 2.45) is 0 Å². The number of nitrogens with one attached hydrogen (secondary N) is 1. The van der Waals surface area contributed by atoms with Gasteiger partial charge in [-0.2, -0.15) is 0 Å². The highest BCUT2D eigenvalue weighted by atomic mass is 35.5. The van der Waals surface area contributed by atoms with Crippen molar-refractivity contribution < 1.29 is 9.59 Å². The van der Waals surface area contributed by atoms with Crippen molar-refractivity contribution in [3.8, 4) is 0 Å². The zero-order chi connectivity index (χ0) is 23.3. The van der Waals surface area contributed by atoms with Crippen molar-refractivity contribution >= 4 is 40.6 Å². The number of benzene rings is 1. The van der Waals surface area contributed by atoms with Crippen LogP contribution in [0.4, 0.5) is 10.5 Å². The fraction of sp³-hybridized carbons (Fsp3) is 0.538. The largest absolute Gasteiger partial charge is 0.346 e. The summed E-state index contributed by atoms with van der Waals surface area (Å²) in [6.07, 6.45) is 7.27. The first-order valence-corrected chi connectivity index (χ1v) is 13.7. The minimum Gasteiger partial charge on any atom is -0.346 e. The summed E-state index contributed by atoms with van der Waals surface area (Å²) < 4.78 is 0.605. The summed E-state index contributed by atoms with van der Waals surface area (Å²) >= 11 is 7.27. The Labute approximate surface area is 209 Å². The number of amides is 3. The van der Waals surface area contributed by atoms with Crippen LogP contribution in [0.3, 0.4) is 0 Å². The lowest BCUT2D eigenvalue weighted by molar-refractivity contribution is 0.0935. The Kier molecular flexibility index (Phi) is 5.82. The van der Waals surface area contributed by atoms with E-state index in [1.807, 2.05) is 9.80 Å². The van der Waals surface area contributed by atoms with Gasteiger partial charge in [0.15, 0.2) is 0 Å². The molecule has 1 aromatic heterocycles. The van der Waals surface area contributed by atoms with Gasteiger partial charge in [0.2, 0.25) is 0 Å². The van der Waals surface area contributed by atoms with E-state index in [4.69, 9.17) is 11.6 Å². The molecule has 1 aliphatic carbocycles. The number of carbonyl (C=O) groups is 2. The van der Waals surface area contributed by atoms with E-state index in [-0.39, 0.29) is 29.4 Å². The predicted octanol–water partition coefficient (Wildman–Crippen LogP) is 4.73. The van der Waals surface area contributed by atoms with Crippen molar-refractivity contribution in [3.05, 3.63) is 51.2 Å². The summed E-state index contributed by atoms with van der Waals surface area (Å²) in [5, 5.41) is 3.14. The summed E-state index contributed by atoms with van der Waals surface area (Å²) in [5.74, 6) is -0.109. The van der Waals surface area contributed by atoms with E-state index in [0.717, 1.165) is 12.1 Å². The Morgan fingerprint density at radius 2 is 1.82 bits per heavy atom. The van der Waals surface area contributed by atoms with Gasteiger partial charge < -0.3 is 15.1 Å². The van der Waals surface area contributed by atoms with E-state index in [2.05, 4.69) is 34.5 Å². The van der Waals surface area contributed by atoms with E-state index in [1.165, 1.54) is 68.6 Å². The van der Waals surface area contributed by atoms with E-state index in [9.17, 15) is 9.59 Å². The molecule has 2 atom stereocenters. The minimum absolute atomic E-state index is 0.000276. The van der Waals surface area contributed by atoms with Crippen LogP contribution >= 0.6 is 22.9 Å². The third-order valence-corrected chi connectivity index (χ3v) is 9.56. The summed E-state index contributed by atoms with van der Waals surface area (Å²) in [4.78, 5) is 32.9. The van der Waals surface area contributed by atoms with Gasteiger partial charge in [0.05, 0.1) is 27.8 Å². The van der Waals surface area contributed by atoms with Crippen LogP contribution in [0.1, 0.15) is 53.8 Å². The Morgan fingerprint density at radius 3 is 2.47 bits per heavy atom. The van der Waals surface area contributed by atoms with Crippen LogP contribution < -0.4 is 10.2 Å². The van der Waals surface area contributed by atoms with Crippen LogP contribution in [0.25, 0.3) is 0 Å². The number of halogens is 1. The summed E-state index contributed by atoms with van der Waals surface area (Å²) in [6.45, 7) is 4.91. The van der Waals surface area contributed by atoms with Crippen molar-refractivity contribution in [1.29, 1.82) is 0 Å². The minimum atomic E-state index is -0.109. The quantitative estimate of drug-likeness (QED) is 0.626. The predicted molar refractivity (Wildman–Crippen MR) is 136 cm³/mol. The van der Waals surface area contributed by atoms with Crippen LogP contribution in [0.15, 0.2) is 36.4 Å². The maximum atomic E-state index is 13.2. The molecule has 0 unspecified atom stereocenters. The van der Waals surface area contributed by atoms with Gasteiger partial charge in [-0.25, -0.2) is 4.79 Å². The lowest BCUT2D eigenvalue weighted by Crippen LogP contribution is -2.45. The second kappa shape index (κ2) is 8.85. The maximum absolute atomic E-state index is 13.2. The van der Waals surface area contributed by atoms with Crippen molar-refractivity contribution in [2.45, 2.75) is 56.0 Å². The van der Waals surface area contributed by atoms with Gasteiger partial charge in [0, 0.05) is 24.2 Å². The van der Waals surface area contributed by atoms with Crippen LogP contribution in [0.2, 0.25) is 4.34 Å². The molecule has 0 bridgehead atoms. The first-order chi connectivity index (χ1) is 16.5. The first-order valence-electron chi connectivity index (χ1n) is 12.5. The number of fused-ring (bicyclic) bond motifs is 1. The molecule has 3 aliphatic heterocycles. The van der Waals surface area contributed by atoms with Crippen LogP contribution in [-0.2, 0) is 5.41 Å². The molecule has 1 N–H and O–H groups in total. The number of rotatable bonds is 6. The zero-order valence-corrected chi connectivity index (χ0v) is 20.9. The van der Waals surface area contributed by atoms with Crippen LogP contribution in [-0.4, -0.2) is 66.5 Å². The van der Waals surface area contributed by atoms with Crippen molar-refractivity contribution in [1.82, 2.24) is 15.1 Å². The first kappa shape index (κ1) is 22.4. The Morgan fingerprint density at radius 1 is 1.06 bits per heavy atom. The molecule has 180 valence electrons. The number of likely N-dealkylation sites (tertiary alicyclic amines) is 1. The molecule has 3 saturated heterocycles. The van der Waals surface area contributed by atoms with Gasteiger partial charge >= 0.3 is 6.03 Å². The van der Waals surface area contributed by atoms with Gasteiger partial charge in [-0.1, -0.05) is 30.2 Å². The summed E-state index contributed by atoms with van der Waals surface area (Å²) in [7, 11) is 0. The standard InChI is InChI=1S/C26H31ClN4O2S/c27-23-9-8-22(34-23)24(32)28-20-10-15-30-21(20)16-31(25(30)33)19-6-4-18(5-7-19)26(11-3-12-26)17-29-13-1-2-14-29/h4-9,20-21H,1-3,10-17H2,(H,28,32)/t20-,21-/m1/s1. The Hall–Kier alpha value is -2.09. The molecule has 34 heavy (non-hydrogen) atoms. The fourth-order valence-corrected chi connectivity index (χ4v) is 7.25. The van der Waals surface area contributed by atoms with E-state index < -0.39 is 0 Å². The Bertz CT molecular complexity index is 1080. The molecule has 3 amide bonds. The van der Waals surface area contributed by atoms with Gasteiger partial charge in [-0.05, 0) is 75.0 Å². The molecule has 8 heteroatoms. The molecule has 6 nitrogen and oxygen atoms in total. The highest BCUT2D eigenvalue weighted by Gasteiger charge is 2.47. The number of urea groups is 1. The van der Waals surface area contributed by atoms with Gasteiger partial charge in [0.1, 0.15) is 0 Å². The van der Waals surface area contributed by atoms with Crippen LogP contribution in [0.5, 0.6) is 0 Å². The molecular weight excluding hydrogens is 468 g/mol. The summed E-state index contributed by atoms with van der Waals surface area (Å²) in [6, 6.07) is 12.3. The summed E-state index contributed by atoms with van der Waals surface area (Å²) in [5.41, 5.74) is 2.66. The van der Waals surface area contributed by atoms with Crippen LogP contribution in [0, 0.1) is 0 Å². The Balaban J connectivity index is 1.14. The lowest BCUT2D eigenvalue weighted by atomic mass is 9.64. The van der Waals surface area contributed by atoms with Gasteiger partial charge in [-0.3, -0.25) is 9.69 Å². The van der Waals surface area contributed by atoms with Crippen molar-refractivity contribution in [2.75, 3.05) is 37.6 Å². The molecule has 6 rings (SSSR count). The van der Waals surface area contributed by atoms with Gasteiger partial charge in [0.25, 0.3) is 5.91 Å². The maximum Gasteiger partial charge on any atom is 0.324 e. The fourth-order valence-electron chi connectivity index (χ4n) is 6.30.